The molecule has 0 saturated carbocycles. The van der Waals surface area contributed by atoms with E-state index in [1.165, 1.54) is 0 Å². The molecule has 0 fully saturated rings. The van der Waals surface area contributed by atoms with E-state index in [0.717, 1.165) is 19.3 Å². The lowest BCUT2D eigenvalue weighted by molar-refractivity contribution is 0.0965. The molecule has 1 rings (SSSR count). The number of Topliss-reactive ketones (excluding diaryl/α,β-unsaturated/α-hetero) is 1. The van der Waals surface area contributed by atoms with Gasteiger partial charge in [-0.15, -0.1) is 0 Å². The molecule has 1 aromatic carbocycles. The number of hydrogen-bond acceptors (Lipinski definition) is 3. The summed E-state index contributed by atoms with van der Waals surface area (Å²) in [4.78, 5) is 12.4. The minimum Gasteiger partial charge on any atom is -0.493 e. The van der Waals surface area contributed by atoms with E-state index >= 15 is 0 Å². The summed E-state index contributed by atoms with van der Waals surface area (Å²) in [6, 6.07) is 7.54. The average molecular weight is 291 g/mol. The zero-order valence-electron chi connectivity index (χ0n) is 13.6. The highest BCUT2D eigenvalue weighted by Gasteiger charge is 2.17. The fourth-order valence-corrected chi connectivity index (χ4v) is 2.51. The fourth-order valence-electron chi connectivity index (χ4n) is 2.51. The summed E-state index contributed by atoms with van der Waals surface area (Å²) in [5, 5.41) is 0. The molecule has 1 atom stereocenters. The number of carbonyl (C=O) groups excluding carboxylic acids is 1. The maximum atomic E-state index is 12.4. The van der Waals surface area contributed by atoms with Gasteiger partial charge in [0.05, 0.1) is 12.2 Å². The molecule has 21 heavy (non-hydrogen) atoms. The van der Waals surface area contributed by atoms with Crippen LogP contribution in [-0.4, -0.2) is 18.9 Å². The summed E-state index contributed by atoms with van der Waals surface area (Å²) >= 11 is 0. The van der Waals surface area contributed by atoms with Crippen LogP contribution in [0.3, 0.4) is 0 Å². The number of carbonyl (C=O) groups is 1. The molecule has 0 aromatic heterocycles. The Morgan fingerprint density at radius 3 is 2.57 bits per heavy atom. The van der Waals surface area contributed by atoms with Crippen molar-refractivity contribution in [2.24, 2.45) is 17.6 Å². The number of rotatable bonds is 10. The molecule has 3 nitrogen and oxygen atoms in total. The molecule has 0 saturated heterocycles. The Labute approximate surface area is 128 Å². The number of ketones is 1. The lowest BCUT2D eigenvalue weighted by Gasteiger charge is -2.19. The molecule has 3 heteroatoms. The van der Waals surface area contributed by atoms with Crippen LogP contribution in [0.5, 0.6) is 5.75 Å². The molecular weight excluding hydrogens is 262 g/mol. The van der Waals surface area contributed by atoms with Crippen molar-refractivity contribution in [2.75, 3.05) is 13.2 Å². The number of benzene rings is 1. The van der Waals surface area contributed by atoms with Gasteiger partial charge in [-0.2, -0.15) is 0 Å². The van der Waals surface area contributed by atoms with Crippen LogP contribution in [0, 0.1) is 11.8 Å². The van der Waals surface area contributed by atoms with Crippen molar-refractivity contribution < 1.29 is 9.53 Å². The predicted molar refractivity (Wildman–Crippen MR) is 87.8 cm³/mol. The predicted octanol–water partition coefficient (Wildman–Crippen LogP) is 4.06. The van der Waals surface area contributed by atoms with E-state index in [4.69, 9.17) is 10.5 Å². The quantitative estimate of drug-likeness (QED) is 0.661. The van der Waals surface area contributed by atoms with Crippen molar-refractivity contribution in [3.8, 4) is 5.75 Å². The smallest absolute Gasteiger partial charge is 0.166 e. The highest BCUT2D eigenvalue weighted by Crippen LogP contribution is 2.25. The molecule has 0 aliphatic rings. The Morgan fingerprint density at radius 2 is 1.95 bits per heavy atom. The molecule has 1 unspecified atom stereocenters. The van der Waals surface area contributed by atoms with Crippen LogP contribution in [-0.2, 0) is 0 Å². The van der Waals surface area contributed by atoms with E-state index in [1.807, 2.05) is 24.3 Å². The van der Waals surface area contributed by atoms with Crippen molar-refractivity contribution in [3.63, 3.8) is 0 Å². The summed E-state index contributed by atoms with van der Waals surface area (Å²) in [7, 11) is 0. The highest BCUT2D eigenvalue weighted by atomic mass is 16.5. The molecule has 0 bridgehead atoms. The first-order chi connectivity index (χ1) is 10.1. The van der Waals surface area contributed by atoms with E-state index < -0.39 is 0 Å². The van der Waals surface area contributed by atoms with Crippen LogP contribution < -0.4 is 10.5 Å². The Kier molecular flexibility index (Phi) is 8.06. The zero-order chi connectivity index (χ0) is 15.7. The molecule has 1 aromatic rings. The first kappa shape index (κ1) is 17.7. The molecule has 0 amide bonds. The number of hydrogen-bond donors (Lipinski definition) is 1. The zero-order valence-corrected chi connectivity index (χ0v) is 13.6. The van der Waals surface area contributed by atoms with Gasteiger partial charge < -0.3 is 10.5 Å². The van der Waals surface area contributed by atoms with Gasteiger partial charge in [-0.05, 0) is 49.8 Å². The minimum atomic E-state index is 0.171. The van der Waals surface area contributed by atoms with E-state index in [-0.39, 0.29) is 5.78 Å². The van der Waals surface area contributed by atoms with Gasteiger partial charge in [0.25, 0.3) is 0 Å². The van der Waals surface area contributed by atoms with Gasteiger partial charge in [0.1, 0.15) is 5.75 Å². The average Bonchev–Trinajstić information content (AvgIpc) is 2.49. The van der Waals surface area contributed by atoms with Gasteiger partial charge in [0.2, 0.25) is 0 Å². The second-order valence-corrected chi connectivity index (χ2v) is 5.89. The first-order valence-electron chi connectivity index (χ1n) is 8.05. The second kappa shape index (κ2) is 9.56. The lowest BCUT2D eigenvalue weighted by atomic mass is 9.87. The van der Waals surface area contributed by atoms with Gasteiger partial charge in [-0.1, -0.05) is 32.9 Å². The molecule has 0 heterocycles. The molecule has 2 N–H and O–H groups in total. The van der Waals surface area contributed by atoms with Crippen molar-refractivity contribution in [3.05, 3.63) is 29.8 Å². The summed E-state index contributed by atoms with van der Waals surface area (Å²) < 4.78 is 5.67. The summed E-state index contributed by atoms with van der Waals surface area (Å²) in [5.41, 5.74) is 6.37. The van der Waals surface area contributed by atoms with Crippen molar-refractivity contribution >= 4 is 5.78 Å². The highest BCUT2D eigenvalue weighted by molar-refractivity contribution is 5.98. The van der Waals surface area contributed by atoms with Gasteiger partial charge in [-0.3, -0.25) is 4.79 Å². The van der Waals surface area contributed by atoms with E-state index in [9.17, 15) is 4.79 Å². The Morgan fingerprint density at radius 1 is 1.24 bits per heavy atom. The molecule has 118 valence electrons. The van der Waals surface area contributed by atoms with Crippen LogP contribution >= 0.6 is 0 Å². The molecular formula is C18H29NO2. The number of para-hydroxylation sites is 1. The van der Waals surface area contributed by atoms with Crippen molar-refractivity contribution in [2.45, 2.75) is 46.5 Å². The first-order valence-corrected chi connectivity index (χ1v) is 8.05. The van der Waals surface area contributed by atoms with Crippen LogP contribution in [0.1, 0.15) is 56.8 Å². The Balaban J connectivity index is 2.66. The third-order valence-corrected chi connectivity index (χ3v) is 3.87. The third kappa shape index (κ3) is 5.88. The van der Waals surface area contributed by atoms with Gasteiger partial charge >= 0.3 is 0 Å². The third-order valence-electron chi connectivity index (χ3n) is 3.87. The van der Waals surface area contributed by atoms with Crippen molar-refractivity contribution in [1.29, 1.82) is 0 Å². The van der Waals surface area contributed by atoms with E-state index in [1.54, 1.807) is 0 Å². The second-order valence-electron chi connectivity index (χ2n) is 5.89. The van der Waals surface area contributed by atoms with Crippen LogP contribution in [0.25, 0.3) is 0 Å². The van der Waals surface area contributed by atoms with Gasteiger partial charge in [0, 0.05) is 6.42 Å². The SMILES string of the molecule is CCCOc1ccccc1C(=O)CCC(CCN)C(C)C. The minimum absolute atomic E-state index is 0.171. The van der Waals surface area contributed by atoms with E-state index in [2.05, 4.69) is 20.8 Å². The summed E-state index contributed by atoms with van der Waals surface area (Å²) in [6.07, 6.45) is 3.39. The normalized spacial score (nSPS) is 12.4. The maximum Gasteiger partial charge on any atom is 0.166 e. The summed E-state index contributed by atoms with van der Waals surface area (Å²) in [5.74, 6) is 1.96. The lowest BCUT2D eigenvalue weighted by Crippen LogP contribution is -2.16. The van der Waals surface area contributed by atoms with Crippen LogP contribution in [0.4, 0.5) is 0 Å². The molecule has 0 radical (unpaired) electrons. The maximum absolute atomic E-state index is 12.4. The van der Waals surface area contributed by atoms with Gasteiger partial charge in [-0.25, -0.2) is 0 Å². The van der Waals surface area contributed by atoms with Crippen molar-refractivity contribution in [1.82, 2.24) is 0 Å². The fraction of sp³-hybridized carbons (Fsp3) is 0.611. The number of nitrogens with two attached hydrogens (primary N) is 1. The Hall–Kier alpha value is -1.35. The van der Waals surface area contributed by atoms with Crippen LogP contribution in [0.15, 0.2) is 24.3 Å². The molecule has 0 spiro atoms. The van der Waals surface area contributed by atoms with Crippen LogP contribution in [0.2, 0.25) is 0 Å². The molecule has 0 aliphatic carbocycles. The van der Waals surface area contributed by atoms with E-state index in [0.29, 0.717) is 42.7 Å². The largest absolute Gasteiger partial charge is 0.493 e. The topological polar surface area (TPSA) is 52.3 Å². The monoisotopic (exact) mass is 291 g/mol. The standard InChI is InChI=1S/C18H29NO2/c1-4-13-21-18-8-6-5-7-16(18)17(20)10-9-15(11-12-19)14(2)3/h5-8,14-15H,4,9-13,19H2,1-3H3. The Bertz CT molecular complexity index is 429. The number of ether oxygens (including phenoxy) is 1. The summed E-state index contributed by atoms with van der Waals surface area (Å²) in [6.45, 7) is 7.79. The molecule has 0 aliphatic heterocycles. The van der Waals surface area contributed by atoms with Gasteiger partial charge in [0.15, 0.2) is 5.78 Å².